The van der Waals surface area contributed by atoms with E-state index in [0.29, 0.717) is 6.42 Å². The van der Waals surface area contributed by atoms with Gasteiger partial charge in [-0.2, -0.15) is 11.8 Å². The van der Waals surface area contributed by atoms with Crippen molar-refractivity contribution in [2.45, 2.75) is 25.3 Å². The van der Waals surface area contributed by atoms with Crippen LogP contribution in [-0.2, 0) is 11.2 Å². The Kier molecular flexibility index (Phi) is 5.87. The van der Waals surface area contributed by atoms with Crippen molar-refractivity contribution in [3.63, 3.8) is 0 Å². The van der Waals surface area contributed by atoms with E-state index in [1.165, 1.54) is 4.88 Å². The van der Waals surface area contributed by atoms with E-state index in [-0.39, 0.29) is 11.9 Å². The Hall–Kier alpha value is -1.86. The summed E-state index contributed by atoms with van der Waals surface area (Å²) >= 11 is 3.45. The number of thioether (sulfide) groups is 1. The summed E-state index contributed by atoms with van der Waals surface area (Å²) in [4.78, 5) is 13.6. The smallest absolute Gasteiger partial charge is 0.220 e. The van der Waals surface area contributed by atoms with Crippen LogP contribution in [0.2, 0.25) is 0 Å². The minimum atomic E-state index is -0.120. The van der Waals surface area contributed by atoms with Gasteiger partial charge in [-0.05, 0) is 48.4 Å². The number of carbonyl (C=O) groups is 1. The lowest BCUT2D eigenvalue weighted by Crippen LogP contribution is -2.30. The molecule has 1 N–H and O–H groups in total. The Morgan fingerprint density at radius 1 is 1.33 bits per heavy atom. The average molecular weight is 361 g/mol. The molecule has 0 aliphatic rings. The molecule has 126 valence electrons. The lowest BCUT2D eigenvalue weighted by atomic mass is 10.2. The summed E-state index contributed by atoms with van der Waals surface area (Å²) in [7, 11) is 0. The number of hydrogen-bond donors (Lipinski definition) is 1. The molecule has 0 aliphatic heterocycles. The molecule has 5 nitrogen and oxygen atoms in total. The Balaban J connectivity index is 1.70. The highest BCUT2D eigenvalue weighted by atomic mass is 32.2. The molecule has 24 heavy (non-hydrogen) atoms. The fraction of sp³-hybridized carbons (Fsp3) is 0.353. The van der Waals surface area contributed by atoms with Gasteiger partial charge in [0.15, 0.2) is 11.5 Å². The topological polar surface area (TPSA) is 59.3 Å². The molecule has 0 aromatic carbocycles. The molecule has 3 aromatic rings. The Morgan fingerprint density at radius 3 is 3.04 bits per heavy atom. The Labute approximate surface area is 149 Å². The van der Waals surface area contributed by atoms with Crippen LogP contribution in [0.5, 0.6) is 0 Å². The van der Waals surface area contributed by atoms with Crippen molar-refractivity contribution < 1.29 is 4.79 Å². The second-order valence-electron chi connectivity index (χ2n) is 5.47. The van der Waals surface area contributed by atoms with Crippen molar-refractivity contribution in [3.05, 3.63) is 52.6 Å². The van der Waals surface area contributed by atoms with Gasteiger partial charge >= 0.3 is 0 Å². The molecule has 0 aliphatic carbocycles. The number of carbonyl (C=O) groups excluding carboxylic acids is 1. The number of aryl methyl sites for hydroxylation is 1. The van der Waals surface area contributed by atoms with Crippen molar-refractivity contribution in [2.75, 3.05) is 12.0 Å². The van der Waals surface area contributed by atoms with Gasteiger partial charge in [-0.1, -0.05) is 12.1 Å². The molecule has 0 fully saturated rings. The third-order valence-corrected chi connectivity index (χ3v) is 5.36. The largest absolute Gasteiger partial charge is 0.346 e. The highest BCUT2D eigenvalue weighted by Gasteiger charge is 2.20. The van der Waals surface area contributed by atoms with Crippen LogP contribution >= 0.6 is 23.1 Å². The second kappa shape index (κ2) is 8.30. The SMILES string of the molecule is CSCCC(NC(=O)CCc1cccs1)c1nnc2ccccn12. The molecule has 1 atom stereocenters. The first-order valence-corrected chi connectivity index (χ1v) is 10.2. The summed E-state index contributed by atoms with van der Waals surface area (Å²) in [5.74, 6) is 1.81. The molecule has 1 amide bonds. The highest BCUT2D eigenvalue weighted by molar-refractivity contribution is 7.98. The number of nitrogens with zero attached hydrogens (tertiary/aromatic N) is 3. The molecule has 0 saturated heterocycles. The third-order valence-electron chi connectivity index (χ3n) is 3.78. The van der Waals surface area contributed by atoms with E-state index in [1.54, 1.807) is 23.1 Å². The number of thiophene rings is 1. The zero-order chi connectivity index (χ0) is 16.8. The van der Waals surface area contributed by atoms with Crippen molar-refractivity contribution in [3.8, 4) is 0 Å². The van der Waals surface area contributed by atoms with E-state index < -0.39 is 0 Å². The maximum atomic E-state index is 12.4. The number of rotatable bonds is 8. The zero-order valence-corrected chi connectivity index (χ0v) is 15.1. The minimum Gasteiger partial charge on any atom is -0.346 e. The van der Waals surface area contributed by atoms with Gasteiger partial charge in [-0.3, -0.25) is 9.20 Å². The normalized spacial score (nSPS) is 12.4. The standard InChI is InChI=1S/C17H20N4OS2/c1-23-12-9-14(17-20-19-15-6-2-3-10-21(15)17)18-16(22)8-7-13-5-4-11-24-13/h2-6,10-11,14H,7-9,12H2,1H3,(H,18,22). The first kappa shape index (κ1) is 17.0. The monoisotopic (exact) mass is 360 g/mol. The highest BCUT2D eigenvalue weighted by Crippen LogP contribution is 2.19. The van der Waals surface area contributed by atoms with E-state index in [9.17, 15) is 4.79 Å². The maximum absolute atomic E-state index is 12.4. The van der Waals surface area contributed by atoms with Crippen molar-refractivity contribution in [1.29, 1.82) is 0 Å². The Bertz CT molecular complexity index is 785. The summed E-state index contributed by atoms with van der Waals surface area (Å²) < 4.78 is 1.95. The maximum Gasteiger partial charge on any atom is 0.220 e. The van der Waals surface area contributed by atoms with Crippen LogP contribution in [0.15, 0.2) is 41.9 Å². The van der Waals surface area contributed by atoms with Gasteiger partial charge in [0.2, 0.25) is 5.91 Å². The van der Waals surface area contributed by atoms with Crippen LogP contribution in [0.4, 0.5) is 0 Å². The molecule has 0 spiro atoms. The lowest BCUT2D eigenvalue weighted by molar-refractivity contribution is -0.121. The summed E-state index contributed by atoms with van der Waals surface area (Å²) in [6.07, 6.45) is 6.11. The Morgan fingerprint density at radius 2 is 2.25 bits per heavy atom. The predicted molar refractivity (Wildman–Crippen MR) is 99.5 cm³/mol. The molecule has 1 unspecified atom stereocenters. The predicted octanol–water partition coefficient (Wildman–Crippen LogP) is 3.33. The quantitative estimate of drug-likeness (QED) is 0.669. The number of fused-ring (bicyclic) bond motifs is 1. The van der Waals surface area contributed by atoms with Gasteiger partial charge in [0.1, 0.15) is 0 Å². The van der Waals surface area contributed by atoms with Gasteiger partial charge in [0, 0.05) is 17.5 Å². The fourth-order valence-electron chi connectivity index (χ4n) is 2.56. The van der Waals surface area contributed by atoms with Gasteiger partial charge in [0.05, 0.1) is 6.04 Å². The van der Waals surface area contributed by atoms with E-state index in [1.807, 2.05) is 40.2 Å². The number of nitrogens with one attached hydrogen (secondary N) is 1. The summed E-state index contributed by atoms with van der Waals surface area (Å²) in [6, 6.07) is 9.76. The number of pyridine rings is 1. The third kappa shape index (κ3) is 4.15. The number of amides is 1. The molecule has 0 bridgehead atoms. The van der Waals surface area contributed by atoms with E-state index in [2.05, 4.69) is 27.8 Å². The molecular formula is C17H20N4OS2. The van der Waals surface area contributed by atoms with E-state index in [4.69, 9.17) is 0 Å². The summed E-state index contributed by atoms with van der Waals surface area (Å²) in [6.45, 7) is 0. The van der Waals surface area contributed by atoms with Crippen molar-refractivity contribution in [2.24, 2.45) is 0 Å². The number of hydrogen-bond acceptors (Lipinski definition) is 5. The van der Waals surface area contributed by atoms with Crippen molar-refractivity contribution >= 4 is 34.7 Å². The molecule has 3 rings (SSSR count). The number of aromatic nitrogens is 3. The fourth-order valence-corrected chi connectivity index (χ4v) is 3.74. The summed E-state index contributed by atoms with van der Waals surface area (Å²) in [5, 5.41) is 13.7. The molecule has 3 heterocycles. The van der Waals surface area contributed by atoms with Crippen LogP contribution in [0.25, 0.3) is 5.65 Å². The van der Waals surface area contributed by atoms with Crippen LogP contribution < -0.4 is 5.32 Å². The van der Waals surface area contributed by atoms with E-state index in [0.717, 1.165) is 30.1 Å². The van der Waals surface area contributed by atoms with Gasteiger partial charge < -0.3 is 5.32 Å². The van der Waals surface area contributed by atoms with Gasteiger partial charge in [-0.15, -0.1) is 21.5 Å². The molecule has 3 aromatic heterocycles. The first-order chi connectivity index (χ1) is 11.8. The van der Waals surface area contributed by atoms with Crippen LogP contribution in [-0.4, -0.2) is 32.5 Å². The first-order valence-electron chi connectivity index (χ1n) is 7.88. The molecular weight excluding hydrogens is 340 g/mol. The van der Waals surface area contributed by atoms with Crippen LogP contribution in [0.3, 0.4) is 0 Å². The van der Waals surface area contributed by atoms with Gasteiger partial charge in [-0.25, -0.2) is 0 Å². The minimum absolute atomic E-state index is 0.0576. The summed E-state index contributed by atoms with van der Waals surface area (Å²) in [5.41, 5.74) is 0.800. The lowest BCUT2D eigenvalue weighted by Gasteiger charge is -2.17. The van der Waals surface area contributed by atoms with Crippen LogP contribution in [0, 0.1) is 0 Å². The van der Waals surface area contributed by atoms with Crippen LogP contribution in [0.1, 0.15) is 29.6 Å². The second-order valence-corrected chi connectivity index (χ2v) is 7.49. The van der Waals surface area contributed by atoms with Crippen molar-refractivity contribution in [1.82, 2.24) is 19.9 Å². The van der Waals surface area contributed by atoms with E-state index >= 15 is 0 Å². The molecule has 7 heteroatoms. The molecule has 0 saturated carbocycles. The zero-order valence-electron chi connectivity index (χ0n) is 13.5. The molecule has 0 radical (unpaired) electrons. The van der Waals surface area contributed by atoms with Gasteiger partial charge in [0.25, 0.3) is 0 Å². The average Bonchev–Trinajstić information content (AvgIpc) is 3.26.